The van der Waals surface area contributed by atoms with Crippen molar-refractivity contribution in [1.82, 2.24) is 9.97 Å². The fourth-order valence-electron chi connectivity index (χ4n) is 1.92. The number of hydrogen-bond acceptors (Lipinski definition) is 2. The van der Waals surface area contributed by atoms with E-state index in [1.54, 1.807) is 0 Å². The maximum absolute atomic E-state index is 11.4. The van der Waals surface area contributed by atoms with Gasteiger partial charge in [0.1, 0.15) is 0 Å². The van der Waals surface area contributed by atoms with Crippen LogP contribution in [0.3, 0.4) is 0 Å². The standard InChI is InChI=1S/C14H16N2OS/c1-9(2)7-10-3-5-11(6-4-10)12-8-13(17)16-14(18)15-12/h3-6,8-9H,7H2,1-2H3,(H2,15,16,17,18). The summed E-state index contributed by atoms with van der Waals surface area (Å²) >= 11 is 4.96. The second kappa shape index (κ2) is 5.31. The number of rotatable bonds is 3. The van der Waals surface area contributed by atoms with Crippen LogP contribution in [0.15, 0.2) is 35.1 Å². The number of nitrogens with one attached hydrogen (secondary N) is 2. The summed E-state index contributed by atoms with van der Waals surface area (Å²) in [6, 6.07) is 9.73. The Kier molecular flexibility index (Phi) is 3.77. The third kappa shape index (κ3) is 3.17. The maximum Gasteiger partial charge on any atom is 0.252 e. The zero-order chi connectivity index (χ0) is 13.1. The quantitative estimate of drug-likeness (QED) is 0.832. The summed E-state index contributed by atoms with van der Waals surface area (Å²) in [5.74, 6) is 0.640. The Labute approximate surface area is 111 Å². The molecule has 0 atom stereocenters. The second-order valence-electron chi connectivity index (χ2n) is 4.80. The van der Waals surface area contributed by atoms with Gasteiger partial charge in [0.25, 0.3) is 5.56 Å². The van der Waals surface area contributed by atoms with Crippen molar-refractivity contribution in [2.45, 2.75) is 20.3 Å². The molecule has 0 spiro atoms. The van der Waals surface area contributed by atoms with E-state index in [0.717, 1.165) is 17.7 Å². The van der Waals surface area contributed by atoms with E-state index in [2.05, 4.69) is 35.9 Å². The topological polar surface area (TPSA) is 48.6 Å². The van der Waals surface area contributed by atoms with Crippen molar-refractivity contribution in [3.8, 4) is 11.3 Å². The van der Waals surface area contributed by atoms with Gasteiger partial charge in [-0.25, -0.2) is 0 Å². The molecular weight excluding hydrogens is 244 g/mol. The molecule has 4 heteroatoms. The molecule has 1 aromatic carbocycles. The van der Waals surface area contributed by atoms with Crippen molar-refractivity contribution < 1.29 is 0 Å². The lowest BCUT2D eigenvalue weighted by Crippen LogP contribution is -2.06. The van der Waals surface area contributed by atoms with E-state index in [0.29, 0.717) is 10.7 Å². The first-order chi connectivity index (χ1) is 8.54. The van der Waals surface area contributed by atoms with E-state index >= 15 is 0 Å². The minimum absolute atomic E-state index is 0.181. The van der Waals surface area contributed by atoms with Crippen molar-refractivity contribution in [3.63, 3.8) is 0 Å². The molecule has 0 saturated heterocycles. The molecule has 3 nitrogen and oxygen atoms in total. The largest absolute Gasteiger partial charge is 0.332 e. The Morgan fingerprint density at radius 3 is 2.39 bits per heavy atom. The monoisotopic (exact) mass is 260 g/mol. The lowest BCUT2D eigenvalue weighted by atomic mass is 10.0. The first-order valence-corrected chi connectivity index (χ1v) is 6.38. The highest BCUT2D eigenvalue weighted by Crippen LogP contribution is 2.17. The summed E-state index contributed by atoms with van der Waals surface area (Å²) in [7, 11) is 0. The van der Waals surface area contributed by atoms with Crippen molar-refractivity contribution in [2.75, 3.05) is 0 Å². The van der Waals surface area contributed by atoms with Crippen LogP contribution in [0, 0.1) is 10.7 Å². The summed E-state index contributed by atoms with van der Waals surface area (Å²) in [4.78, 5) is 16.9. The van der Waals surface area contributed by atoms with Crippen molar-refractivity contribution in [2.24, 2.45) is 5.92 Å². The third-order valence-corrected chi connectivity index (χ3v) is 2.87. The predicted octanol–water partition coefficient (Wildman–Crippen LogP) is 3.30. The minimum atomic E-state index is -0.181. The smallest absolute Gasteiger partial charge is 0.252 e. The zero-order valence-electron chi connectivity index (χ0n) is 10.5. The molecule has 0 aliphatic heterocycles. The number of H-pyrrole nitrogens is 2. The van der Waals surface area contributed by atoms with Gasteiger partial charge in [-0.05, 0) is 35.7 Å². The Hall–Kier alpha value is -1.68. The van der Waals surface area contributed by atoms with Crippen molar-refractivity contribution >= 4 is 12.2 Å². The predicted molar refractivity (Wildman–Crippen MR) is 76.2 cm³/mol. The van der Waals surface area contributed by atoms with E-state index in [1.165, 1.54) is 11.6 Å². The van der Waals surface area contributed by atoms with E-state index < -0.39 is 0 Å². The van der Waals surface area contributed by atoms with Crippen molar-refractivity contribution in [1.29, 1.82) is 0 Å². The van der Waals surface area contributed by atoms with Crippen LogP contribution in [0.2, 0.25) is 0 Å². The fourth-order valence-corrected chi connectivity index (χ4v) is 2.13. The Morgan fingerprint density at radius 1 is 1.17 bits per heavy atom. The third-order valence-electron chi connectivity index (χ3n) is 2.67. The average molecular weight is 260 g/mol. The number of hydrogen-bond donors (Lipinski definition) is 2. The Balaban J connectivity index is 2.34. The van der Waals surface area contributed by atoms with Gasteiger partial charge < -0.3 is 4.98 Å². The molecule has 0 bridgehead atoms. The lowest BCUT2D eigenvalue weighted by molar-refractivity contribution is 0.647. The summed E-state index contributed by atoms with van der Waals surface area (Å²) in [6.07, 6.45) is 1.06. The van der Waals surface area contributed by atoms with Gasteiger partial charge in [0, 0.05) is 6.07 Å². The highest BCUT2D eigenvalue weighted by atomic mass is 32.1. The summed E-state index contributed by atoms with van der Waals surface area (Å²) in [6.45, 7) is 4.39. The van der Waals surface area contributed by atoms with Crippen LogP contribution >= 0.6 is 12.2 Å². The summed E-state index contributed by atoms with van der Waals surface area (Å²) < 4.78 is 0.351. The van der Waals surface area contributed by atoms with Crippen LogP contribution in [0.1, 0.15) is 19.4 Å². The lowest BCUT2D eigenvalue weighted by Gasteiger charge is -2.06. The molecule has 18 heavy (non-hydrogen) atoms. The second-order valence-corrected chi connectivity index (χ2v) is 5.20. The van der Waals surface area contributed by atoms with Crippen LogP contribution < -0.4 is 5.56 Å². The van der Waals surface area contributed by atoms with Crippen molar-refractivity contribution in [3.05, 3.63) is 51.0 Å². The molecule has 1 heterocycles. The minimum Gasteiger partial charge on any atom is -0.332 e. The molecule has 0 unspecified atom stereocenters. The van der Waals surface area contributed by atoms with E-state index in [4.69, 9.17) is 12.2 Å². The van der Waals surface area contributed by atoms with E-state index in [9.17, 15) is 4.79 Å². The first kappa shape index (κ1) is 12.8. The Bertz CT molecular complexity index is 610. The number of aromatic nitrogens is 2. The van der Waals surface area contributed by atoms with Gasteiger partial charge in [0.15, 0.2) is 4.77 Å². The highest BCUT2D eigenvalue weighted by molar-refractivity contribution is 7.71. The summed E-state index contributed by atoms with van der Waals surface area (Å²) in [5.41, 5.74) is 2.84. The van der Waals surface area contributed by atoms with Gasteiger partial charge in [-0.1, -0.05) is 38.1 Å². The van der Waals surface area contributed by atoms with Gasteiger partial charge in [0.05, 0.1) is 5.69 Å². The first-order valence-electron chi connectivity index (χ1n) is 5.97. The SMILES string of the molecule is CC(C)Cc1ccc(-c2cc(=O)[nH]c(=S)[nH]2)cc1. The summed E-state index contributed by atoms with van der Waals surface area (Å²) in [5, 5.41) is 0. The molecule has 0 saturated carbocycles. The molecular formula is C14H16N2OS. The van der Waals surface area contributed by atoms with E-state index in [-0.39, 0.29) is 5.56 Å². The fraction of sp³-hybridized carbons (Fsp3) is 0.286. The van der Waals surface area contributed by atoms with Gasteiger partial charge in [-0.15, -0.1) is 0 Å². The normalized spacial score (nSPS) is 10.8. The Morgan fingerprint density at radius 2 is 1.83 bits per heavy atom. The molecule has 94 valence electrons. The molecule has 0 amide bonds. The van der Waals surface area contributed by atoms with Crippen LogP contribution in [-0.2, 0) is 6.42 Å². The molecule has 2 N–H and O–H groups in total. The molecule has 0 fully saturated rings. The molecule has 0 radical (unpaired) electrons. The number of aromatic amines is 2. The molecule has 2 aromatic rings. The maximum atomic E-state index is 11.4. The zero-order valence-corrected chi connectivity index (χ0v) is 11.3. The highest BCUT2D eigenvalue weighted by Gasteiger charge is 2.01. The van der Waals surface area contributed by atoms with Gasteiger partial charge in [0.2, 0.25) is 0 Å². The van der Waals surface area contributed by atoms with Gasteiger partial charge in [-0.2, -0.15) is 0 Å². The van der Waals surface area contributed by atoms with Crippen LogP contribution in [-0.4, -0.2) is 9.97 Å². The molecule has 2 rings (SSSR count). The van der Waals surface area contributed by atoms with Gasteiger partial charge >= 0.3 is 0 Å². The number of benzene rings is 1. The average Bonchev–Trinajstić information content (AvgIpc) is 2.27. The van der Waals surface area contributed by atoms with Crippen LogP contribution in [0.25, 0.3) is 11.3 Å². The molecule has 1 aromatic heterocycles. The van der Waals surface area contributed by atoms with E-state index in [1.807, 2.05) is 12.1 Å². The molecule has 0 aliphatic carbocycles. The molecule has 0 aliphatic rings. The van der Waals surface area contributed by atoms with Crippen LogP contribution in [0.5, 0.6) is 0 Å². The van der Waals surface area contributed by atoms with Gasteiger partial charge in [-0.3, -0.25) is 9.78 Å². The van der Waals surface area contributed by atoms with Crippen LogP contribution in [0.4, 0.5) is 0 Å².